The van der Waals surface area contributed by atoms with Gasteiger partial charge >= 0.3 is 0 Å². The van der Waals surface area contributed by atoms with Gasteiger partial charge in [-0.3, -0.25) is 0 Å². The molecule has 0 fully saturated rings. The van der Waals surface area contributed by atoms with Crippen molar-refractivity contribution in [1.82, 2.24) is 20.3 Å². The summed E-state index contributed by atoms with van der Waals surface area (Å²) in [5, 5.41) is 11.2. The third-order valence-electron chi connectivity index (χ3n) is 3.44. The Kier molecular flexibility index (Phi) is 5.09. The van der Waals surface area contributed by atoms with Crippen LogP contribution < -0.4 is 5.32 Å². The SMILES string of the molecule is CCCn1nncc1C(NCC)C(C)(C)S(C)(=O)=O. The molecule has 1 atom stereocenters. The van der Waals surface area contributed by atoms with Gasteiger partial charge in [-0.15, -0.1) is 5.10 Å². The van der Waals surface area contributed by atoms with E-state index in [0.717, 1.165) is 18.7 Å². The fraction of sp³-hybridized carbons (Fsp3) is 0.833. The molecular formula is C12H24N4O2S. The van der Waals surface area contributed by atoms with Gasteiger partial charge in [0.05, 0.1) is 22.7 Å². The van der Waals surface area contributed by atoms with Gasteiger partial charge in [-0.1, -0.05) is 19.1 Å². The quantitative estimate of drug-likeness (QED) is 0.815. The number of aryl methyl sites for hydroxylation is 1. The van der Waals surface area contributed by atoms with Gasteiger partial charge in [-0.25, -0.2) is 13.1 Å². The Balaban J connectivity index is 3.24. The number of nitrogens with one attached hydrogen (secondary N) is 1. The van der Waals surface area contributed by atoms with Crippen LogP contribution in [0.1, 0.15) is 45.9 Å². The second kappa shape index (κ2) is 6.00. The lowest BCUT2D eigenvalue weighted by molar-refractivity contribution is 0.396. The molecular weight excluding hydrogens is 264 g/mol. The van der Waals surface area contributed by atoms with Crippen molar-refractivity contribution in [3.63, 3.8) is 0 Å². The van der Waals surface area contributed by atoms with Crippen LogP contribution in [0.3, 0.4) is 0 Å². The van der Waals surface area contributed by atoms with E-state index in [1.807, 2.05) is 6.92 Å². The van der Waals surface area contributed by atoms with Crippen molar-refractivity contribution in [2.24, 2.45) is 0 Å². The molecule has 0 bridgehead atoms. The van der Waals surface area contributed by atoms with Gasteiger partial charge in [0.15, 0.2) is 9.84 Å². The second-order valence-electron chi connectivity index (χ2n) is 5.25. The van der Waals surface area contributed by atoms with E-state index >= 15 is 0 Å². The number of hydrogen-bond donors (Lipinski definition) is 1. The normalized spacial score (nSPS) is 14.6. The van der Waals surface area contributed by atoms with Crippen molar-refractivity contribution in [1.29, 1.82) is 0 Å². The van der Waals surface area contributed by atoms with Crippen LogP contribution in [0.2, 0.25) is 0 Å². The number of aromatic nitrogens is 3. The molecule has 19 heavy (non-hydrogen) atoms. The number of sulfone groups is 1. The highest BCUT2D eigenvalue weighted by molar-refractivity contribution is 7.92. The van der Waals surface area contributed by atoms with Crippen LogP contribution in [-0.4, -0.2) is 41.0 Å². The van der Waals surface area contributed by atoms with Gasteiger partial charge in [-0.2, -0.15) is 0 Å². The van der Waals surface area contributed by atoms with Crippen LogP contribution in [-0.2, 0) is 16.4 Å². The summed E-state index contributed by atoms with van der Waals surface area (Å²) in [4.78, 5) is 0. The van der Waals surface area contributed by atoms with Crippen LogP contribution in [0.4, 0.5) is 0 Å². The average Bonchev–Trinajstić information content (AvgIpc) is 2.72. The summed E-state index contributed by atoms with van der Waals surface area (Å²) < 4.78 is 24.9. The molecule has 0 aliphatic rings. The zero-order valence-electron chi connectivity index (χ0n) is 12.3. The summed E-state index contributed by atoms with van der Waals surface area (Å²) in [7, 11) is -3.21. The fourth-order valence-electron chi connectivity index (χ4n) is 2.00. The van der Waals surface area contributed by atoms with E-state index in [-0.39, 0.29) is 6.04 Å². The van der Waals surface area contributed by atoms with Crippen molar-refractivity contribution in [2.75, 3.05) is 12.8 Å². The summed E-state index contributed by atoms with van der Waals surface area (Å²) in [5.74, 6) is 0. The average molecular weight is 288 g/mol. The Morgan fingerprint density at radius 2 is 2.05 bits per heavy atom. The Morgan fingerprint density at radius 1 is 1.42 bits per heavy atom. The summed E-state index contributed by atoms with van der Waals surface area (Å²) in [6.07, 6.45) is 3.84. The summed E-state index contributed by atoms with van der Waals surface area (Å²) >= 11 is 0. The largest absolute Gasteiger partial charge is 0.308 e. The van der Waals surface area contributed by atoms with Crippen LogP contribution in [0, 0.1) is 0 Å². The van der Waals surface area contributed by atoms with Crippen LogP contribution in [0.15, 0.2) is 6.20 Å². The van der Waals surface area contributed by atoms with E-state index in [2.05, 4.69) is 22.6 Å². The lowest BCUT2D eigenvalue weighted by Crippen LogP contribution is -2.45. The molecule has 1 N–H and O–H groups in total. The molecule has 1 aromatic rings. The zero-order valence-corrected chi connectivity index (χ0v) is 13.2. The smallest absolute Gasteiger partial charge is 0.154 e. The van der Waals surface area contributed by atoms with Crippen LogP contribution >= 0.6 is 0 Å². The van der Waals surface area contributed by atoms with E-state index in [9.17, 15) is 8.42 Å². The number of hydrogen-bond acceptors (Lipinski definition) is 5. The van der Waals surface area contributed by atoms with E-state index in [0.29, 0.717) is 6.54 Å². The Bertz CT molecular complexity index is 508. The van der Waals surface area contributed by atoms with Gasteiger partial charge in [0, 0.05) is 12.8 Å². The summed E-state index contributed by atoms with van der Waals surface area (Å²) in [5.41, 5.74) is 0.819. The highest BCUT2D eigenvalue weighted by atomic mass is 32.2. The van der Waals surface area contributed by atoms with Gasteiger partial charge in [0.2, 0.25) is 0 Å². The van der Waals surface area contributed by atoms with Gasteiger partial charge in [0.25, 0.3) is 0 Å². The molecule has 1 rings (SSSR count). The molecule has 0 amide bonds. The molecule has 1 heterocycles. The first-order valence-corrected chi connectivity index (χ1v) is 8.46. The van der Waals surface area contributed by atoms with Crippen molar-refractivity contribution >= 4 is 9.84 Å². The zero-order chi connectivity index (χ0) is 14.7. The van der Waals surface area contributed by atoms with Crippen molar-refractivity contribution < 1.29 is 8.42 Å². The topological polar surface area (TPSA) is 76.9 Å². The Hall–Kier alpha value is -0.950. The van der Waals surface area contributed by atoms with E-state index in [4.69, 9.17) is 0 Å². The minimum atomic E-state index is -3.21. The van der Waals surface area contributed by atoms with Gasteiger partial charge in [0.1, 0.15) is 0 Å². The summed E-state index contributed by atoms with van der Waals surface area (Å²) in [6, 6.07) is -0.325. The van der Waals surface area contributed by atoms with Gasteiger partial charge in [-0.05, 0) is 26.8 Å². The molecule has 110 valence electrons. The molecule has 0 aliphatic heterocycles. The molecule has 0 saturated heterocycles. The minimum Gasteiger partial charge on any atom is -0.308 e. The first-order chi connectivity index (χ1) is 8.75. The molecule has 0 aliphatic carbocycles. The first-order valence-electron chi connectivity index (χ1n) is 6.57. The van der Waals surface area contributed by atoms with Crippen molar-refractivity contribution in [3.05, 3.63) is 11.9 Å². The second-order valence-corrected chi connectivity index (χ2v) is 7.84. The maximum atomic E-state index is 12.0. The van der Waals surface area contributed by atoms with Crippen LogP contribution in [0.25, 0.3) is 0 Å². The minimum absolute atomic E-state index is 0.325. The van der Waals surface area contributed by atoms with Crippen molar-refractivity contribution in [2.45, 2.75) is 51.4 Å². The highest BCUT2D eigenvalue weighted by Crippen LogP contribution is 2.31. The van der Waals surface area contributed by atoms with Crippen molar-refractivity contribution in [3.8, 4) is 0 Å². The first kappa shape index (κ1) is 16.1. The molecule has 6 nitrogen and oxygen atoms in total. The molecule has 0 saturated carbocycles. The molecule has 0 aromatic carbocycles. The number of nitrogens with zero attached hydrogens (tertiary/aromatic N) is 3. The van der Waals surface area contributed by atoms with Gasteiger partial charge < -0.3 is 5.32 Å². The predicted octanol–water partition coefficient (Wildman–Crippen LogP) is 1.16. The highest BCUT2D eigenvalue weighted by Gasteiger charge is 2.41. The third-order valence-corrected chi connectivity index (χ3v) is 5.58. The standard InChI is InChI=1S/C12H24N4O2S/c1-6-8-16-10(9-14-15-16)11(13-7-2)12(3,4)19(5,17)18/h9,11,13H,6-8H2,1-5H3. The Morgan fingerprint density at radius 3 is 2.53 bits per heavy atom. The molecule has 1 unspecified atom stereocenters. The Labute approximate surface area is 115 Å². The molecule has 1 aromatic heterocycles. The molecule has 0 spiro atoms. The fourth-order valence-corrected chi connectivity index (χ4v) is 2.63. The third kappa shape index (κ3) is 3.33. The molecule has 0 radical (unpaired) electrons. The monoisotopic (exact) mass is 288 g/mol. The van der Waals surface area contributed by atoms with E-state index in [1.54, 1.807) is 24.7 Å². The summed E-state index contributed by atoms with van der Waals surface area (Å²) in [6.45, 7) is 8.89. The maximum Gasteiger partial charge on any atom is 0.154 e. The molecule has 7 heteroatoms. The van der Waals surface area contributed by atoms with E-state index < -0.39 is 14.6 Å². The van der Waals surface area contributed by atoms with E-state index in [1.165, 1.54) is 6.26 Å². The maximum absolute atomic E-state index is 12.0. The predicted molar refractivity (Wildman–Crippen MR) is 75.7 cm³/mol. The lowest BCUT2D eigenvalue weighted by atomic mass is 10.00. The van der Waals surface area contributed by atoms with Crippen LogP contribution in [0.5, 0.6) is 0 Å². The lowest BCUT2D eigenvalue weighted by Gasteiger charge is -2.33. The number of rotatable bonds is 7.